The number of rotatable bonds is 7. The van der Waals surface area contributed by atoms with E-state index in [9.17, 15) is 23.3 Å². The van der Waals surface area contributed by atoms with Crippen LogP contribution in [0.15, 0.2) is 48.5 Å². The zero-order valence-electron chi connectivity index (χ0n) is 18.4. The van der Waals surface area contributed by atoms with Crippen LogP contribution in [-0.2, 0) is 14.8 Å². The van der Waals surface area contributed by atoms with Gasteiger partial charge in [-0.25, -0.2) is 12.7 Å². The molecule has 172 valence electrons. The second-order valence-electron chi connectivity index (χ2n) is 8.13. The number of nitrogens with zero attached hydrogens (tertiary/aromatic N) is 3. The van der Waals surface area contributed by atoms with Crippen molar-refractivity contribution in [2.24, 2.45) is 0 Å². The Morgan fingerprint density at radius 2 is 1.81 bits per heavy atom. The van der Waals surface area contributed by atoms with Crippen LogP contribution in [0, 0.1) is 17.0 Å². The van der Waals surface area contributed by atoms with Crippen molar-refractivity contribution < 1.29 is 18.1 Å². The molecule has 0 aliphatic carbocycles. The second-order valence-corrected chi connectivity index (χ2v) is 10.2. The number of carbonyl (C=O) groups is 1. The number of benzene rings is 2. The lowest BCUT2D eigenvalue weighted by Crippen LogP contribution is -2.48. The average molecular weight is 461 g/mol. The second kappa shape index (κ2) is 9.76. The fraction of sp³-hybridized carbons (Fsp3) is 0.409. The predicted molar refractivity (Wildman–Crippen MR) is 123 cm³/mol. The van der Waals surface area contributed by atoms with Crippen molar-refractivity contribution in [3.05, 3.63) is 69.8 Å². The van der Waals surface area contributed by atoms with Gasteiger partial charge in [0.15, 0.2) is 0 Å². The van der Waals surface area contributed by atoms with Crippen molar-refractivity contribution in [2.45, 2.75) is 31.8 Å². The summed E-state index contributed by atoms with van der Waals surface area (Å²) in [7, 11) is -1.72. The minimum atomic E-state index is -3.29. The molecule has 1 N–H and O–H groups in total. The fourth-order valence-electron chi connectivity index (χ4n) is 4.04. The maximum atomic E-state index is 13.4. The Hall–Kier alpha value is -2.82. The molecule has 1 heterocycles. The molecule has 1 fully saturated rings. The highest BCUT2D eigenvalue weighted by Crippen LogP contribution is 2.30. The Balaban J connectivity index is 1.84. The van der Waals surface area contributed by atoms with Crippen LogP contribution < -0.4 is 5.32 Å². The minimum absolute atomic E-state index is 0.126. The Morgan fingerprint density at radius 1 is 1.19 bits per heavy atom. The van der Waals surface area contributed by atoms with E-state index in [-0.39, 0.29) is 23.3 Å². The van der Waals surface area contributed by atoms with Gasteiger partial charge >= 0.3 is 0 Å². The number of aryl methyl sites for hydroxylation is 1. The summed E-state index contributed by atoms with van der Waals surface area (Å²) >= 11 is 0. The minimum Gasteiger partial charge on any atom is -0.319 e. The third kappa shape index (κ3) is 5.50. The summed E-state index contributed by atoms with van der Waals surface area (Å²) in [5, 5.41) is 14.2. The first kappa shape index (κ1) is 23.8. The number of sulfonamides is 1. The number of hydrogen-bond donors (Lipinski definition) is 1. The van der Waals surface area contributed by atoms with Gasteiger partial charge in [-0.2, -0.15) is 0 Å². The quantitative estimate of drug-likeness (QED) is 0.502. The molecular formula is C22H28N4O5S. The van der Waals surface area contributed by atoms with E-state index in [2.05, 4.69) is 5.32 Å². The molecule has 0 saturated carbocycles. The monoisotopic (exact) mass is 460 g/mol. The number of likely N-dealkylation sites (tertiary alicyclic amines) is 1. The van der Waals surface area contributed by atoms with Crippen LogP contribution in [0.2, 0.25) is 0 Å². The number of amides is 1. The zero-order valence-corrected chi connectivity index (χ0v) is 19.2. The van der Waals surface area contributed by atoms with Gasteiger partial charge in [-0.1, -0.05) is 36.4 Å². The van der Waals surface area contributed by atoms with E-state index >= 15 is 0 Å². The third-order valence-corrected chi connectivity index (χ3v) is 7.22. The summed E-state index contributed by atoms with van der Waals surface area (Å²) in [6, 6.07) is 13.2. The van der Waals surface area contributed by atoms with E-state index in [0.717, 1.165) is 11.1 Å². The number of nitro groups is 1. The summed E-state index contributed by atoms with van der Waals surface area (Å²) in [6.07, 6.45) is 2.36. The van der Waals surface area contributed by atoms with Crippen LogP contribution >= 0.6 is 0 Å². The third-order valence-electron chi connectivity index (χ3n) is 5.87. The molecule has 0 bridgehead atoms. The van der Waals surface area contributed by atoms with E-state index in [1.807, 2.05) is 35.2 Å². The number of piperidine rings is 1. The number of nitrogens with one attached hydrogen (secondary N) is 1. The smallest absolute Gasteiger partial charge is 0.293 e. The van der Waals surface area contributed by atoms with Crippen LogP contribution in [-0.4, -0.2) is 60.9 Å². The molecule has 1 amide bonds. The first-order chi connectivity index (χ1) is 15.1. The largest absolute Gasteiger partial charge is 0.319 e. The van der Waals surface area contributed by atoms with Crippen molar-refractivity contribution in [3.8, 4) is 0 Å². The van der Waals surface area contributed by atoms with Crippen molar-refractivity contribution in [1.82, 2.24) is 9.21 Å². The normalized spacial score (nSPS) is 16.6. The van der Waals surface area contributed by atoms with Crippen LogP contribution in [0.1, 0.15) is 30.0 Å². The molecule has 1 aliphatic heterocycles. The first-order valence-electron chi connectivity index (χ1n) is 10.4. The van der Waals surface area contributed by atoms with Gasteiger partial charge in [0.1, 0.15) is 11.7 Å². The average Bonchev–Trinajstić information content (AvgIpc) is 2.75. The van der Waals surface area contributed by atoms with Gasteiger partial charge in [0.05, 0.1) is 11.2 Å². The Bertz CT molecular complexity index is 1080. The van der Waals surface area contributed by atoms with E-state index in [1.165, 1.54) is 16.6 Å². The fourth-order valence-corrected chi connectivity index (χ4v) is 4.79. The van der Waals surface area contributed by atoms with Gasteiger partial charge in [-0.15, -0.1) is 0 Å². The van der Waals surface area contributed by atoms with Crippen molar-refractivity contribution in [1.29, 1.82) is 0 Å². The van der Waals surface area contributed by atoms with Crippen LogP contribution in [0.5, 0.6) is 0 Å². The Morgan fingerprint density at radius 3 is 2.38 bits per heavy atom. The van der Waals surface area contributed by atoms with E-state index < -0.39 is 21.0 Å². The van der Waals surface area contributed by atoms with Crippen molar-refractivity contribution in [3.63, 3.8) is 0 Å². The lowest BCUT2D eigenvalue weighted by Gasteiger charge is -2.39. The molecule has 1 atom stereocenters. The number of nitro benzene ring substituents is 1. The molecule has 0 radical (unpaired) electrons. The van der Waals surface area contributed by atoms with Crippen LogP contribution in [0.4, 0.5) is 11.4 Å². The summed E-state index contributed by atoms with van der Waals surface area (Å²) in [5.74, 6) is -0.363. The van der Waals surface area contributed by atoms with Gasteiger partial charge in [-0.3, -0.25) is 19.8 Å². The van der Waals surface area contributed by atoms with E-state index in [1.54, 1.807) is 26.1 Å². The molecule has 2 aromatic carbocycles. The summed E-state index contributed by atoms with van der Waals surface area (Å²) in [5.41, 5.74) is 1.50. The maximum absolute atomic E-state index is 13.4. The molecular weight excluding hydrogens is 432 g/mol. The van der Waals surface area contributed by atoms with Gasteiger partial charge < -0.3 is 5.32 Å². The molecule has 3 rings (SSSR count). The standard InChI is InChI=1S/C22H28N4O5S/c1-16-9-10-19(20(15-16)26(28)29)23-22(27)21(17-7-5-4-6-8-17)25-13-11-18(12-14-25)24(2)32(3,30)31/h4-10,15,18,21H,11-14H2,1-3H3,(H,23,27). The van der Waals surface area contributed by atoms with E-state index in [0.29, 0.717) is 25.9 Å². The van der Waals surface area contributed by atoms with Gasteiger partial charge in [-0.05, 0) is 37.0 Å². The van der Waals surface area contributed by atoms with Crippen LogP contribution in [0.25, 0.3) is 0 Å². The maximum Gasteiger partial charge on any atom is 0.293 e. The molecule has 10 heteroatoms. The molecule has 0 aromatic heterocycles. The summed E-state index contributed by atoms with van der Waals surface area (Å²) in [4.78, 5) is 26.3. The lowest BCUT2D eigenvalue weighted by molar-refractivity contribution is -0.384. The molecule has 9 nitrogen and oxygen atoms in total. The molecule has 1 aliphatic rings. The highest BCUT2D eigenvalue weighted by atomic mass is 32.2. The number of carbonyl (C=O) groups excluding carboxylic acids is 1. The number of anilines is 1. The van der Waals surface area contributed by atoms with Crippen LogP contribution in [0.3, 0.4) is 0 Å². The Kier molecular flexibility index (Phi) is 7.27. The SMILES string of the molecule is Cc1ccc(NC(=O)C(c2ccccc2)N2CCC(N(C)S(C)(=O)=O)CC2)c([N+](=O)[O-])c1. The molecule has 2 aromatic rings. The topological polar surface area (TPSA) is 113 Å². The van der Waals surface area contributed by atoms with Crippen molar-refractivity contribution in [2.75, 3.05) is 31.7 Å². The molecule has 0 spiro atoms. The van der Waals surface area contributed by atoms with Crippen molar-refractivity contribution >= 4 is 27.3 Å². The van der Waals surface area contributed by atoms with Gasteiger partial charge in [0, 0.05) is 32.2 Å². The lowest BCUT2D eigenvalue weighted by atomic mass is 9.98. The Labute approximate surface area is 188 Å². The zero-order chi connectivity index (χ0) is 23.5. The van der Waals surface area contributed by atoms with E-state index in [4.69, 9.17) is 0 Å². The first-order valence-corrected chi connectivity index (χ1v) is 12.2. The number of hydrogen-bond acceptors (Lipinski definition) is 6. The highest BCUT2D eigenvalue weighted by molar-refractivity contribution is 7.88. The van der Waals surface area contributed by atoms with Gasteiger partial charge in [0.25, 0.3) is 5.69 Å². The summed E-state index contributed by atoms with van der Waals surface area (Å²) < 4.78 is 25.2. The summed E-state index contributed by atoms with van der Waals surface area (Å²) in [6.45, 7) is 2.80. The van der Waals surface area contributed by atoms with Gasteiger partial charge in [0.2, 0.25) is 15.9 Å². The predicted octanol–water partition coefficient (Wildman–Crippen LogP) is 2.94. The highest BCUT2D eigenvalue weighted by Gasteiger charge is 2.34. The molecule has 1 saturated heterocycles. The molecule has 32 heavy (non-hydrogen) atoms. The molecule has 1 unspecified atom stereocenters.